The predicted molar refractivity (Wildman–Crippen MR) is 90.3 cm³/mol. The molecule has 116 valence electrons. The van der Waals surface area contributed by atoms with Crippen LogP contribution in [0.3, 0.4) is 0 Å². The molecule has 0 saturated carbocycles. The number of aromatic nitrogens is 2. The van der Waals surface area contributed by atoms with Crippen LogP contribution in [-0.2, 0) is 11.3 Å². The number of hydrogen-bond donors (Lipinski definition) is 1. The van der Waals surface area contributed by atoms with Crippen molar-refractivity contribution in [3.8, 4) is 0 Å². The van der Waals surface area contributed by atoms with E-state index in [1.165, 1.54) is 0 Å². The number of anilines is 1. The number of carbonyl (C=O) groups is 1. The minimum absolute atomic E-state index is 0.210. The number of thioether (sulfide) groups is 1. The maximum absolute atomic E-state index is 11.8. The van der Waals surface area contributed by atoms with E-state index in [0.717, 1.165) is 27.0 Å². The lowest BCUT2D eigenvalue weighted by atomic mass is 9.85. The van der Waals surface area contributed by atoms with Gasteiger partial charge in [0.15, 0.2) is 4.34 Å². The highest BCUT2D eigenvalue weighted by molar-refractivity contribution is 8.00. The number of para-hydroxylation sites is 1. The van der Waals surface area contributed by atoms with E-state index in [9.17, 15) is 4.79 Å². The van der Waals surface area contributed by atoms with E-state index < -0.39 is 0 Å². The van der Waals surface area contributed by atoms with Crippen molar-refractivity contribution in [2.45, 2.75) is 36.2 Å². The van der Waals surface area contributed by atoms with Crippen LogP contribution in [-0.4, -0.2) is 28.4 Å². The summed E-state index contributed by atoms with van der Waals surface area (Å²) in [4.78, 5) is 14.0. The first kappa shape index (κ1) is 15.3. The number of amides is 1. The van der Waals surface area contributed by atoms with Gasteiger partial charge in [0.1, 0.15) is 5.01 Å². The Morgan fingerprint density at radius 1 is 1.45 bits per heavy atom. The minimum Gasteiger partial charge on any atom is -0.369 e. The first-order valence-electron chi connectivity index (χ1n) is 7.11. The second-order valence-corrected chi connectivity index (χ2v) is 7.51. The Morgan fingerprint density at radius 3 is 2.91 bits per heavy atom. The van der Waals surface area contributed by atoms with Gasteiger partial charge in [-0.2, -0.15) is 0 Å². The van der Waals surface area contributed by atoms with Crippen LogP contribution in [0, 0.1) is 0 Å². The second kappa shape index (κ2) is 6.26. The first-order chi connectivity index (χ1) is 10.6. The molecular formula is C15H18N4OS2. The number of benzene rings is 1. The zero-order chi connectivity index (χ0) is 15.7. The number of nitrogens with two attached hydrogens (primary N) is 1. The van der Waals surface area contributed by atoms with Crippen molar-refractivity contribution in [3.05, 3.63) is 34.8 Å². The Kier molecular flexibility index (Phi) is 4.35. The highest BCUT2D eigenvalue weighted by Crippen LogP contribution is 2.39. The van der Waals surface area contributed by atoms with Crippen molar-refractivity contribution in [1.29, 1.82) is 0 Å². The van der Waals surface area contributed by atoms with Gasteiger partial charge in [0.25, 0.3) is 0 Å². The molecule has 0 radical (unpaired) electrons. The molecule has 0 bridgehead atoms. The molecule has 0 saturated heterocycles. The summed E-state index contributed by atoms with van der Waals surface area (Å²) < 4.78 is 0.975. The van der Waals surface area contributed by atoms with E-state index in [1.54, 1.807) is 23.1 Å². The van der Waals surface area contributed by atoms with E-state index in [1.807, 2.05) is 24.5 Å². The fourth-order valence-corrected chi connectivity index (χ4v) is 4.23. The summed E-state index contributed by atoms with van der Waals surface area (Å²) in [5, 5.41) is 9.40. The molecule has 22 heavy (non-hydrogen) atoms. The summed E-state index contributed by atoms with van der Waals surface area (Å²) in [6.07, 6.45) is 2.74. The largest absolute Gasteiger partial charge is 0.369 e. The van der Waals surface area contributed by atoms with Gasteiger partial charge in [-0.05, 0) is 31.2 Å². The van der Waals surface area contributed by atoms with Crippen molar-refractivity contribution >= 4 is 34.7 Å². The Labute approximate surface area is 137 Å². The molecule has 7 heteroatoms. The van der Waals surface area contributed by atoms with Crippen molar-refractivity contribution in [2.24, 2.45) is 5.73 Å². The molecule has 2 atom stereocenters. The number of fused-ring (bicyclic) bond motifs is 1. The minimum atomic E-state index is -0.250. The van der Waals surface area contributed by atoms with Crippen molar-refractivity contribution in [1.82, 2.24) is 10.2 Å². The molecule has 1 aromatic heterocycles. The fourth-order valence-electron chi connectivity index (χ4n) is 2.92. The molecule has 2 heterocycles. The summed E-state index contributed by atoms with van der Waals surface area (Å²) >= 11 is 3.23. The van der Waals surface area contributed by atoms with Crippen molar-refractivity contribution in [2.75, 3.05) is 11.2 Å². The normalized spacial score (nSPS) is 20.7. The molecule has 1 aromatic carbocycles. The quantitative estimate of drug-likeness (QED) is 0.870. The average molecular weight is 334 g/mol. The summed E-state index contributed by atoms with van der Waals surface area (Å²) in [5.41, 5.74) is 7.67. The number of nitrogens with zero attached hydrogens (tertiary/aromatic N) is 3. The molecular weight excluding hydrogens is 316 g/mol. The summed E-state index contributed by atoms with van der Waals surface area (Å²) in [6.45, 7) is 2.84. The van der Waals surface area contributed by atoms with E-state index in [2.05, 4.69) is 28.1 Å². The van der Waals surface area contributed by atoms with Gasteiger partial charge in [0.05, 0.1) is 12.5 Å². The third-order valence-corrected chi connectivity index (χ3v) is 5.89. The topological polar surface area (TPSA) is 72.1 Å². The van der Waals surface area contributed by atoms with Crippen LogP contribution in [0.25, 0.3) is 0 Å². The smallest absolute Gasteiger partial charge is 0.225 e. The van der Waals surface area contributed by atoms with E-state index in [-0.39, 0.29) is 17.9 Å². The summed E-state index contributed by atoms with van der Waals surface area (Å²) in [5.74, 6) is -0.460. The first-order valence-corrected chi connectivity index (χ1v) is 9.15. The van der Waals surface area contributed by atoms with Gasteiger partial charge in [-0.3, -0.25) is 4.79 Å². The lowest BCUT2D eigenvalue weighted by Crippen LogP contribution is -2.41. The lowest BCUT2D eigenvalue weighted by molar-refractivity contribution is -0.119. The third kappa shape index (κ3) is 2.83. The van der Waals surface area contributed by atoms with Crippen LogP contribution < -0.4 is 10.6 Å². The van der Waals surface area contributed by atoms with Gasteiger partial charge in [-0.15, -0.1) is 10.2 Å². The SMILES string of the molecule is CSc1nnc(CN2c3ccccc3[C@@H](C(N)=O)C[C@@H]2C)s1. The average Bonchev–Trinajstić information content (AvgIpc) is 2.97. The summed E-state index contributed by atoms with van der Waals surface area (Å²) in [6, 6.07) is 8.23. The van der Waals surface area contributed by atoms with Gasteiger partial charge in [-0.1, -0.05) is 41.3 Å². The maximum Gasteiger partial charge on any atom is 0.225 e. The number of carbonyl (C=O) groups excluding carboxylic acids is 1. The van der Waals surface area contributed by atoms with Gasteiger partial charge >= 0.3 is 0 Å². The molecule has 0 unspecified atom stereocenters. The van der Waals surface area contributed by atoms with E-state index >= 15 is 0 Å². The zero-order valence-electron chi connectivity index (χ0n) is 12.5. The van der Waals surface area contributed by atoms with Crippen LogP contribution in [0.2, 0.25) is 0 Å². The van der Waals surface area contributed by atoms with Crippen LogP contribution in [0.1, 0.15) is 29.8 Å². The van der Waals surface area contributed by atoms with E-state index in [0.29, 0.717) is 6.54 Å². The zero-order valence-corrected chi connectivity index (χ0v) is 14.2. The second-order valence-electron chi connectivity index (χ2n) is 5.39. The Morgan fingerprint density at radius 2 is 2.23 bits per heavy atom. The van der Waals surface area contributed by atoms with Gasteiger partial charge in [0.2, 0.25) is 5.91 Å². The van der Waals surface area contributed by atoms with Crippen LogP contribution in [0.5, 0.6) is 0 Å². The van der Waals surface area contributed by atoms with Crippen molar-refractivity contribution < 1.29 is 4.79 Å². The van der Waals surface area contributed by atoms with Crippen molar-refractivity contribution in [3.63, 3.8) is 0 Å². The highest BCUT2D eigenvalue weighted by Gasteiger charge is 2.33. The highest BCUT2D eigenvalue weighted by atomic mass is 32.2. The Bertz CT molecular complexity index is 688. The van der Waals surface area contributed by atoms with Gasteiger partial charge in [-0.25, -0.2) is 0 Å². The van der Waals surface area contributed by atoms with Crippen LogP contribution in [0.4, 0.5) is 5.69 Å². The molecule has 1 amide bonds. The molecule has 1 aliphatic heterocycles. The molecule has 2 aromatic rings. The third-order valence-electron chi connectivity index (χ3n) is 4.00. The molecule has 1 aliphatic rings. The molecule has 0 spiro atoms. The molecule has 3 rings (SSSR count). The predicted octanol–water partition coefficient (Wildman–Crippen LogP) is 2.63. The summed E-state index contributed by atoms with van der Waals surface area (Å²) in [7, 11) is 0. The fraction of sp³-hybridized carbons (Fsp3) is 0.400. The Balaban J connectivity index is 1.93. The monoisotopic (exact) mass is 334 g/mol. The maximum atomic E-state index is 11.8. The number of hydrogen-bond acceptors (Lipinski definition) is 6. The van der Waals surface area contributed by atoms with Crippen LogP contribution in [0.15, 0.2) is 28.6 Å². The number of primary amides is 1. The van der Waals surface area contributed by atoms with E-state index in [4.69, 9.17) is 5.73 Å². The van der Waals surface area contributed by atoms with Crippen LogP contribution >= 0.6 is 23.1 Å². The lowest BCUT2D eigenvalue weighted by Gasteiger charge is -2.39. The molecule has 0 fully saturated rings. The molecule has 0 aliphatic carbocycles. The van der Waals surface area contributed by atoms with Gasteiger partial charge < -0.3 is 10.6 Å². The molecule has 2 N–H and O–H groups in total. The molecule has 5 nitrogen and oxygen atoms in total. The number of rotatable bonds is 4. The Hall–Kier alpha value is -1.60. The standard InChI is InChI=1S/C15H18N4OS2/c1-9-7-11(14(16)20)10-5-3-4-6-12(10)19(9)8-13-17-18-15(21-2)22-13/h3-6,9,11H,7-8H2,1-2H3,(H2,16,20)/t9-,11-/m0/s1. The van der Waals surface area contributed by atoms with Gasteiger partial charge in [0, 0.05) is 11.7 Å².